The number of aliphatic hydroxyl groups excluding tert-OH is 1. The van der Waals surface area contributed by atoms with Crippen LogP contribution < -0.4 is 4.90 Å². The number of aliphatic hydroxyl groups is 1. The highest BCUT2D eigenvalue weighted by atomic mass is 16.3. The fraction of sp³-hybridized carbons (Fsp3) is 0.250. The Morgan fingerprint density at radius 2 is 1.86 bits per heavy atom. The molecular formula is C16H17N3O2. The van der Waals surface area contributed by atoms with Gasteiger partial charge in [-0.25, -0.2) is 4.99 Å². The van der Waals surface area contributed by atoms with Crippen LogP contribution in [0.1, 0.15) is 16.8 Å². The van der Waals surface area contributed by atoms with E-state index in [1.165, 1.54) is 4.90 Å². The number of carbonyl (C=O) groups is 1. The number of benzene rings is 1. The van der Waals surface area contributed by atoms with Crippen molar-refractivity contribution in [2.75, 3.05) is 11.9 Å². The van der Waals surface area contributed by atoms with Crippen LogP contribution in [0.25, 0.3) is 0 Å². The number of hydrogen-bond donors (Lipinski definition) is 1. The Bertz CT molecular complexity index is 731. The Kier molecular flexibility index (Phi) is 3.14. The largest absolute Gasteiger partial charge is 0.364 e. The minimum atomic E-state index is -1.37. The molecule has 1 aliphatic heterocycles. The zero-order chi connectivity index (χ0) is 15.1. The molecule has 21 heavy (non-hydrogen) atoms. The van der Waals surface area contributed by atoms with Crippen molar-refractivity contribution in [2.45, 2.75) is 13.2 Å². The van der Waals surface area contributed by atoms with E-state index in [1.807, 2.05) is 55.1 Å². The van der Waals surface area contributed by atoms with Crippen LogP contribution in [0, 0.1) is 6.92 Å². The number of fused-ring (bicyclic) bond motifs is 1. The zero-order valence-electron chi connectivity index (χ0n) is 12.2. The number of likely N-dealkylation sites (N-methyl/N-ethyl adjacent to an activating group) is 1. The molecule has 0 spiro atoms. The Labute approximate surface area is 123 Å². The monoisotopic (exact) mass is 283 g/mol. The van der Waals surface area contributed by atoms with Crippen LogP contribution >= 0.6 is 0 Å². The zero-order valence-corrected chi connectivity index (χ0v) is 12.2. The molecule has 1 aromatic carbocycles. The number of rotatable bonds is 1. The van der Waals surface area contributed by atoms with E-state index in [4.69, 9.17) is 0 Å². The van der Waals surface area contributed by atoms with Crippen molar-refractivity contribution in [2.24, 2.45) is 12.0 Å². The van der Waals surface area contributed by atoms with Gasteiger partial charge in [0, 0.05) is 37.1 Å². The summed E-state index contributed by atoms with van der Waals surface area (Å²) < 4.78 is 1.96. The number of aryl methyl sites for hydroxylation is 1. The topological polar surface area (TPSA) is 57.8 Å². The molecule has 1 N–H and O–H groups in total. The van der Waals surface area contributed by atoms with E-state index in [2.05, 4.69) is 4.99 Å². The van der Waals surface area contributed by atoms with Gasteiger partial charge in [-0.05, 0) is 6.92 Å². The summed E-state index contributed by atoms with van der Waals surface area (Å²) in [6.07, 6.45) is 0.515. The first-order chi connectivity index (χ1) is 10.0. The summed E-state index contributed by atoms with van der Waals surface area (Å²) >= 11 is 0. The SMILES string of the molecule is Cc1c2c(cn1C)N(C)C(=O)C(O)N=C2c1ccccc1. The summed E-state index contributed by atoms with van der Waals surface area (Å²) in [4.78, 5) is 17.9. The average Bonchev–Trinajstić information content (AvgIpc) is 2.75. The lowest BCUT2D eigenvalue weighted by Gasteiger charge is -2.15. The predicted octanol–water partition coefficient (Wildman–Crippen LogP) is 1.47. The van der Waals surface area contributed by atoms with Gasteiger partial charge in [0.1, 0.15) is 0 Å². The Morgan fingerprint density at radius 3 is 2.52 bits per heavy atom. The van der Waals surface area contributed by atoms with Crippen LogP contribution in [-0.2, 0) is 11.8 Å². The smallest absolute Gasteiger partial charge is 0.278 e. The number of hydrogen-bond acceptors (Lipinski definition) is 3. The predicted molar refractivity (Wildman–Crippen MR) is 81.6 cm³/mol. The summed E-state index contributed by atoms with van der Waals surface area (Å²) in [5.74, 6) is -0.423. The molecule has 2 heterocycles. The fourth-order valence-corrected chi connectivity index (χ4v) is 2.60. The molecule has 1 atom stereocenters. The number of anilines is 1. The first-order valence-electron chi connectivity index (χ1n) is 6.76. The van der Waals surface area contributed by atoms with Gasteiger partial charge in [-0.2, -0.15) is 0 Å². The van der Waals surface area contributed by atoms with Crippen molar-refractivity contribution >= 4 is 17.3 Å². The Balaban J connectivity index is 2.30. The second kappa shape index (κ2) is 4.86. The van der Waals surface area contributed by atoms with Gasteiger partial charge in [0.05, 0.1) is 11.4 Å². The van der Waals surface area contributed by atoms with E-state index < -0.39 is 12.1 Å². The number of nitrogens with zero attached hydrogens (tertiary/aromatic N) is 3. The fourth-order valence-electron chi connectivity index (χ4n) is 2.60. The number of aliphatic imine (C=N–C) groups is 1. The van der Waals surface area contributed by atoms with Gasteiger partial charge in [-0.15, -0.1) is 0 Å². The normalized spacial score (nSPS) is 18.3. The third-order valence-electron chi connectivity index (χ3n) is 3.91. The molecule has 0 saturated heterocycles. The first kappa shape index (κ1) is 13.6. The highest BCUT2D eigenvalue weighted by molar-refractivity contribution is 6.20. The van der Waals surface area contributed by atoms with E-state index >= 15 is 0 Å². The van der Waals surface area contributed by atoms with Gasteiger partial charge >= 0.3 is 0 Å². The minimum absolute atomic E-state index is 0.423. The van der Waals surface area contributed by atoms with Crippen LogP contribution in [0.3, 0.4) is 0 Å². The number of amides is 1. The van der Waals surface area contributed by atoms with Crippen LogP contribution in [0.2, 0.25) is 0 Å². The maximum Gasteiger partial charge on any atom is 0.278 e. The molecule has 0 fully saturated rings. The van der Waals surface area contributed by atoms with Crippen LogP contribution in [-0.4, -0.2) is 34.6 Å². The molecule has 1 aliphatic rings. The summed E-state index contributed by atoms with van der Waals surface area (Å²) in [7, 11) is 3.59. The third kappa shape index (κ3) is 2.06. The first-order valence-corrected chi connectivity index (χ1v) is 6.76. The van der Waals surface area contributed by atoms with Crippen LogP contribution in [0.15, 0.2) is 41.5 Å². The molecule has 1 amide bonds. The van der Waals surface area contributed by atoms with Crippen LogP contribution in [0.5, 0.6) is 0 Å². The van der Waals surface area contributed by atoms with Crippen molar-refractivity contribution in [1.82, 2.24) is 4.57 Å². The van der Waals surface area contributed by atoms with Gasteiger partial charge in [0.2, 0.25) is 6.23 Å². The molecule has 5 heteroatoms. The van der Waals surface area contributed by atoms with E-state index in [-0.39, 0.29) is 0 Å². The lowest BCUT2D eigenvalue weighted by atomic mass is 10.0. The Hall–Kier alpha value is -2.40. The second-order valence-electron chi connectivity index (χ2n) is 5.20. The maximum atomic E-state index is 12.2. The lowest BCUT2D eigenvalue weighted by Crippen LogP contribution is -2.34. The molecule has 0 bridgehead atoms. The summed E-state index contributed by atoms with van der Waals surface area (Å²) in [6.45, 7) is 1.98. The van der Waals surface area contributed by atoms with Gasteiger partial charge < -0.3 is 14.6 Å². The van der Waals surface area contributed by atoms with E-state index in [9.17, 15) is 9.90 Å². The molecular weight excluding hydrogens is 266 g/mol. The average molecular weight is 283 g/mol. The molecule has 2 aromatic rings. The van der Waals surface area contributed by atoms with Crippen molar-refractivity contribution in [1.29, 1.82) is 0 Å². The van der Waals surface area contributed by atoms with Crippen LogP contribution in [0.4, 0.5) is 5.69 Å². The van der Waals surface area contributed by atoms with Gasteiger partial charge in [-0.1, -0.05) is 30.3 Å². The summed E-state index contributed by atoms with van der Waals surface area (Å²) in [6, 6.07) is 9.61. The second-order valence-corrected chi connectivity index (χ2v) is 5.20. The highest BCUT2D eigenvalue weighted by Crippen LogP contribution is 2.30. The standard InChI is InChI=1S/C16H17N3O2/c1-10-13-12(9-18(10)2)19(3)16(21)15(20)17-14(13)11-7-5-4-6-8-11/h4-9,15,20H,1-3H3. The van der Waals surface area contributed by atoms with E-state index in [0.29, 0.717) is 5.71 Å². The van der Waals surface area contributed by atoms with Crippen molar-refractivity contribution in [3.63, 3.8) is 0 Å². The molecule has 0 aliphatic carbocycles. The maximum absolute atomic E-state index is 12.2. The molecule has 0 radical (unpaired) electrons. The summed E-state index contributed by atoms with van der Waals surface area (Å²) in [5, 5.41) is 10.0. The van der Waals surface area contributed by atoms with Crippen molar-refractivity contribution in [3.05, 3.63) is 53.3 Å². The van der Waals surface area contributed by atoms with Gasteiger partial charge in [-0.3, -0.25) is 4.79 Å². The van der Waals surface area contributed by atoms with Gasteiger partial charge in [0.15, 0.2) is 0 Å². The number of carbonyl (C=O) groups excluding carboxylic acids is 1. The molecule has 1 unspecified atom stereocenters. The molecule has 3 rings (SSSR count). The van der Waals surface area contributed by atoms with Crippen molar-refractivity contribution in [3.8, 4) is 0 Å². The lowest BCUT2D eigenvalue weighted by molar-refractivity contribution is -0.125. The third-order valence-corrected chi connectivity index (χ3v) is 3.91. The quantitative estimate of drug-likeness (QED) is 0.861. The summed E-state index contributed by atoms with van der Waals surface area (Å²) in [5.41, 5.74) is 4.18. The number of aromatic nitrogens is 1. The molecule has 5 nitrogen and oxygen atoms in total. The van der Waals surface area contributed by atoms with Gasteiger partial charge in [0.25, 0.3) is 5.91 Å². The van der Waals surface area contributed by atoms with E-state index in [1.54, 1.807) is 7.05 Å². The molecule has 108 valence electrons. The van der Waals surface area contributed by atoms with E-state index in [0.717, 1.165) is 22.5 Å². The molecule has 1 aromatic heterocycles. The van der Waals surface area contributed by atoms with Crippen molar-refractivity contribution < 1.29 is 9.90 Å². The molecule has 0 saturated carbocycles. The minimum Gasteiger partial charge on any atom is -0.364 e. The Morgan fingerprint density at radius 1 is 1.19 bits per heavy atom. The highest BCUT2D eigenvalue weighted by Gasteiger charge is 2.31.